The second-order valence-corrected chi connectivity index (χ2v) is 6.39. The van der Waals surface area contributed by atoms with Crippen LogP contribution in [0, 0.1) is 19.8 Å². The van der Waals surface area contributed by atoms with E-state index in [9.17, 15) is 4.79 Å². The van der Waals surface area contributed by atoms with Crippen LogP contribution in [0.2, 0.25) is 5.02 Å². The lowest BCUT2D eigenvalue weighted by Gasteiger charge is -2.08. The van der Waals surface area contributed by atoms with Crippen molar-refractivity contribution in [1.82, 2.24) is 9.78 Å². The van der Waals surface area contributed by atoms with Gasteiger partial charge in [-0.1, -0.05) is 25.4 Å². The van der Waals surface area contributed by atoms with E-state index in [0.29, 0.717) is 17.4 Å². The van der Waals surface area contributed by atoms with Gasteiger partial charge in [0, 0.05) is 28.5 Å². The number of aryl methyl sites for hydroxylation is 1. The Morgan fingerprint density at radius 3 is 2.50 bits per heavy atom. The number of benzene rings is 1. The first-order valence-electron chi connectivity index (χ1n) is 7.45. The highest BCUT2D eigenvalue weighted by molar-refractivity contribution is 6.30. The van der Waals surface area contributed by atoms with Crippen molar-refractivity contribution in [2.24, 2.45) is 5.92 Å². The largest absolute Gasteiger partial charge is 0.326 e. The number of carbonyl (C=O) groups excluding carboxylic acids is 1. The van der Waals surface area contributed by atoms with Crippen molar-refractivity contribution in [2.75, 3.05) is 5.32 Å². The third-order valence-corrected chi connectivity index (χ3v) is 3.79. The molecule has 0 atom stereocenters. The van der Waals surface area contributed by atoms with Crippen LogP contribution in [0.25, 0.3) is 0 Å². The van der Waals surface area contributed by atoms with Crippen molar-refractivity contribution in [3.05, 3.63) is 46.2 Å². The summed E-state index contributed by atoms with van der Waals surface area (Å²) in [7, 11) is 0. The van der Waals surface area contributed by atoms with Gasteiger partial charge in [-0.2, -0.15) is 5.10 Å². The van der Waals surface area contributed by atoms with Gasteiger partial charge in [0.15, 0.2) is 0 Å². The lowest BCUT2D eigenvalue weighted by molar-refractivity contribution is -0.115. The molecule has 0 fully saturated rings. The minimum absolute atomic E-state index is 0.0439. The smallest absolute Gasteiger partial charge is 0.228 e. The van der Waals surface area contributed by atoms with Crippen molar-refractivity contribution >= 4 is 23.2 Å². The van der Waals surface area contributed by atoms with Gasteiger partial charge in [-0.15, -0.1) is 0 Å². The second kappa shape index (κ2) is 6.97. The van der Waals surface area contributed by atoms with Crippen LogP contribution in [0.5, 0.6) is 0 Å². The first-order chi connectivity index (χ1) is 10.4. The Labute approximate surface area is 136 Å². The van der Waals surface area contributed by atoms with Crippen molar-refractivity contribution < 1.29 is 4.79 Å². The summed E-state index contributed by atoms with van der Waals surface area (Å²) >= 11 is 5.84. The fourth-order valence-electron chi connectivity index (χ4n) is 2.41. The highest BCUT2D eigenvalue weighted by atomic mass is 35.5. The van der Waals surface area contributed by atoms with Gasteiger partial charge in [-0.05, 0) is 44.0 Å². The number of hydrogen-bond donors (Lipinski definition) is 1. The van der Waals surface area contributed by atoms with Crippen LogP contribution in [0.4, 0.5) is 5.69 Å². The molecule has 0 spiro atoms. The lowest BCUT2D eigenvalue weighted by atomic mass is 10.1. The van der Waals surface area contributed by atoms with Crippen LogP contribution >= 0.6 is 11.6 Å². The molecule has 5 heteroatoms. The molecule has 1 aromatic heterocycles. The molecule has 22 heavy (non-hydrogen) atoms. The zero-order chi connectivity index (χ0) is 16.3. The predicted octanol–water partition coefficient (Wildman–Crippen LogP) is 3.99. The number of rotatable bonds is 5. The summed E-state index contributed by atoms with van der Waals surface area (Å²) in [4.78, 5) is 12.2. The van der Waals surface area contributed by atoms with Crippen LogP contribution in [0.15, 0.2) is 24.3 Å². The van der Waals surface area contributed by atoms with Gasteiger partial charge >= 0.3 is 0 Å². The molecule has 0 saturated heterocycles. The molecule has 0 radical (unpaired) electrons. The molecule has 4 nitrogen and oxygen atoms in total. The molecule has 1 heterocycles. The predicted molar refractivity (Wildman–Crippen MR) is 90.3 cm³/mol. The maximum absolute atomic E-state index is 12.2. The van der Waals surface area contributed by atoms with Crippen LogP contribution in [0.3, 0.4) is 0 Å². The van der Waals surface area contributed by atoms with E-state index < -0.39 is 0 Å². The summed E-state index contributed by atoms with van der Waals surface area (Å²) in [5.74, 6) is 0.478. The Bertz CT molecular complexity index is 659. The van der Waals surface area contributed by atoms with Gasteiger partial charge in [0.25, 0.3) is 0 Å². The first kappa shape index (κ1) is 16.6. The molecule has 0 unspecified atom stereocenters. The van der Waals surface area contributed by atoms with Crippen LogP contribution in [-0.4, -0.2) is 15.7 Å². The Hall–Kier alpha value is -1.81. The zero-order valence-corrected chi connectivity index (χ0v) is 14.2. The molecular formula is C17H22ClN3O. The monoisotopic (exact) mass is 319 g/mol. The molecule has 1 N–H and O–H groups in total. The summed E-state index contributed by atoms with van der Waals surface area (Å²) in [5, 5.41) is 8.08. The maximum Gasteiger partial charge on any atom is 0.228 e. The third kappa shape index (κ3) is 4.10. The van der Waals surface area contributed by atoms with Gasteiger partial charge in [0.2, 0.25) is 5.91 Å². The maximum atomic E-state index is 12.2. The van der Waals surface area contributed by atoms with Crippen molar-refractivity contribution in [1.29, 1.82) is 0 Å². The number of aromatic nitrogens is 2. The molecule has 0 aliphatic heterocycles. The average molecular weight is 320 g/mol. The van der Waals surface area contributed by atoms with Gasteiger partial charge in [0.05, 0.1) is 12.1 Å². The van der Waals surface area contributed by atoms with E-state index in [2.05, 4.69) is 24.3 Å². The van der Waals surface area contributed by atoms with E-state index in [0.717, 1.165) is 29.2 Å². The summed E-state index contributed by atoms with van der Waals surface area (Å²) in [6, 6.07) is 7.10. The number of nitrogens with one attached hydrogen (secondary N) is 1. The van der Waals surface area contributed by atoms with Crippen molar-refractivity contribution in [3.63, 3.8) is 0 Å². The normalized spacial score (nSPS) is 11.0. The lowest BCUT2D eigenvalue weighted by Crippen LogP contribution is -2.15. The number of halogens is 1. The Morgan fingerprint density at radius 2 is 1.91 bits per heavy atom. The average Bonchev–Trinajstić information content (AvgIpc) is 2.68. The highest BCUT2D eigenvalue weighted by Crippen LogP contribution is 2.17. The van der Waals surface area contributed by atoms with E-state index in [1.54, 1.807) is 24.3 Å². The second-order valence-electron chi connectivity index (χ2n) is 5.96. The molecule has 0 saturated carbocycles. The van der Waals surface area contributed by atoms with Gasteiger partial charge in [-0.25, -0.2) is 0 Å². The summed E-state index contributed by atoms with van der Waals surface area (Å²) in [5.41, 5.74) is 3.74. The van der Waals surface area contributed by atoms with Crippen molar-refractivity contribution in [2.45, 2.75) is 40.7 Å². The Morgan fingerprint density at radius 1 is 1.27 bits per heavy atom. The summed E-state index contributed by atoms with van der Waals surface area (Å²) < 4.78 is 1.99. The third-order valence-electron chi connectivity index (χ3n) is 3.53. The zero-order valence-electron chi connectivity index (χ0n) is 13.5. The number of hydrogen-bond acceptors (Lipinski definition) is 2. The molecule has 0 bridgehead atoms. The van der Waals surface area contributed by atoms with Gasteiger partial charge in [0.1, 0.15) is 0 Å². The van der Waals surface area contributed by atoms with Crippen LogP contribution < -0.4 is 5.32 Å². The molecule has 0 aliphatic carbocycles. The minimum Gasteiger partial charge on any atom is -0.326 e. The number of amides is 1. The van der Waals surface area contributed by atoms with E-state index in [4.69, 9.17) is 11.6 Å². The topological polar surface area (TPSA) is 46.9 Å². The molecule has 2 rings (SSSR count). The SMILES string of the molecule is Cc1nn(CC(C)C)c(C)c1CC(=O)Nc1ccc(Cl)cc1. The van der Waals surface area contributed by atoms with E-state index in [1.807, 2.05) is 18.5 Å². The molecule has 1 aromatic carbocycles. The summed E-state index contributed by atoms with van der Waals surface area (Å²) in [6.45, 7) is 9.15. The molecule has 2 aromatic rings. The van der Waals surface area contributed by atoms with E-state index >= 15 is 0 Å². The summed E-state index contributed by atoms with van der Waals surface area (Å²) in [6.07, 6.45) is 0.332. The first-order valence-corrected chi connectivity index (χ1v) is 7.83. The van der Waals surface area contributed by atoms with Gasteiger partial charge < -0.3 is 5.32 Å². The molecule has 1 amide bonds. The van der Waals surface area contributed by atoms with Crippen LogP contribution in [0.1, 0.15) is 30.8 Å². The standard InChI is InChI=1S/C17H22ClN3O/c1-11(2)10-21-13(4)16(12(3)20-21)9-17(22)19-15-7-5-14(18)6-8-15/h5-8,11H,9-10H2,1-4H3,(H,19,22). The van der Waals surface area contributed by atoms with E-state index in [1.165, 1.54) is 0 Å². The number of nitrogens with zero attached hydrogens (tertiary/aromatic N) is 2. The van der Waals surface area contributed by atoms with E-state index in [-0.39, 0.29) is 5.91 Å². The Kier molecular flexibility index (Phi) is 5.24. The number of carbonyl (C=O) groups is 1. The quantitative estimate of drug-likeness (QED) is 0.905. The fourth-order valence-corrected chi connectivity index (χ4v) is 2.54. The van der Waals surface area contributed by atoms with Gasteiger partial charge in [-0.3, -0.25) is 9.48 Å². The highest BCUT2D eigenvalue weighted by Gasteiger charge is 2.15. The molecule has 118 valence electrons. The molecular weight excluding hydrogens is 298 g/mol. The van der Waals surface area contributed by atoms with Crippen molar-refractivity contribution in [3.8, 4) is 0 Å². The van der Waals surface area contributed by atoms with Crippen LogP contribution in [-0.2, 0) is 17.8 Å². The minimum atomic E-state index is -0.0439. The Balaban J connectivity index is 2.08. The number of anilines is 1. The fraction of sp³-hybridized carbons (Fsp3) is 0.412. The molecule has 0 aliphatic rings.